The number of ether oxygens (including phenoxy) is 1. The summed E-state index contributed by atoms with van der Waals surface area (Å²) in [5.41, 5.74) is 3.75. The van der Waals surface area contributed by atoms with Gasteiger partial charge in [-0.3, -0.25) is 9.69 Å². The van der Waals surface area contributed by atoms with E-state index in [9.17, 15) is 4.79 Å². The van der Waals surface area contributed by atoms with Crippen molar-refractivity contribution in [2.45, 2.75) is 46.8 Å². The van der Waals surface area contributed by atoms with Crippen molar-refractivity contribution in [1.82, 2.24) is 15.4 Å². The fraction of sp³-hybridized carbons (Fsp3) is 0.385. The largest absolute Gasteiger partial charge is 0.489 e. The molecule has 6 nitrogen and oxygen atoms in total. The van der Waals surface area contributed by atoms with Gasteiger partial charge in [-0.2, -0.15) is 0 Å². The number of amides is 1. The molecule has 176 valence electrons. The number of carbonyl (C=O) groups excluding carboxylic acids is 1. The number of carbonyl (C=O) groups is 1. The molecular formula is C26H32ClN3O3. The molecule has 7 heteroatoms. The van der Waals surface area contributed by atoms with Crippen molar-refractivity contribution >= 4 is 17.5 Å². The molecule has 1 unspecified atom stereocenters. The van der Waals surface area contributed by atoms with Crippen LogP contribution in [0.2, 0.25) is 5.02 Å². The second-order valence-corrected chi connectivity index (χ2v) is 8.38. The summed E-state index contributed by atoms with van der Waals surface area (Å²) in [6.45, 7) is 10.6. The van der Waals surface area contributed by atoms with Gasteiger partial charge in [0.1, 0.15) is 18.1 Å². The first-order valence-corrected chi connectivity index (χ1v) is 11.7. The third-order valence-electron chi connectivity index (χ3n) is 5.86. The van der Waals surface area contributed by atoms with Crippen molar-refractivity contribution in [2.75, 3.05) is 19.6 Å². The number of hydrogen-bond acceptors (Lipinski definition) is 5. The molecule has 0 aliphatic rings. The zero-order chi connectivity index (χ0) is 23.8. The molecule has 1 amide bonds. The summed E-state index contributed by atoms with van der Waals surface area (Å²) in [6, 6.07) is 15.4. The van der Waals surface area contributed by atoms with Gasteiger partial charge in [0.2, 0.25) is 5.91 Å². The smallest absolute Gasteiger partial charge is 0.224 e. The zero-order valence-corrected chi connectivity index (χ0v) is 20.5. The molecule has 0 radical (unpaired) electrons. The molecule has 0 aliphatic heterocycles. The van der Waals surface area contributed by atoms with Gasteiger partial charge in [-0.15, -0.1) is 0 Å². The fourth-order valence-electron chi connectivity index (χ4n) is 3.87. The van der Waals surface area contributed by atoms with E-state index >= 15 is 0 Å². The molecule has 0 saturated carbocycles. The topological polar surface area (TPSA) is 67.6 Å². The number of hydrogen-bond donors (Lipinski definition) is 1. The number of rotatable bonds is 11. The quantitative estimate of drug-likeness (QED) is 0.414. The van der Waals surface area contributed by atoms with Crippen LogP contribution in [0.25, 0.3) is 0 Å². The van der Waals surface area contributed by atoms with Crippen molar-refractivity contribution in [3.05, 3.63) is 81.7 Å². The van der Waals surface area contributed by atoms with Crippen LogP contribution >= 0.6 is 11.6 Å². The summed E-state index contributed by atoms with van der Waals surface area (Å²) in [6.07, 6.45) is 0.303. The molecule has 1 aromatic heterocycles. The first-order valence-electron chi connectivity index (χ1n) is 11.3. The van der Waals surface area contributed by atoms with Gasteiger partial charge in [-0.1, -0.05) is 60.9 Å². The number of aromatic nitrogens is 1. The number of nitrogens with zero attached hydrogens (tertiary/aromatic N) is 2. The zero-order valence-electron chi connectivity index (χ0n) is 19.7. The minimum absolute atomic E-state index is 0.0244. The summed E-state index contributed by atoms with van der Waals surface area (Å²) in [4.78, 5) is 15.0. The van der Waals surface area contributed by atoms with E-state index in [1.54, 1.807) is 0 Å². The van der Waals surface area contributed by atoms with Gasteiger partial charge >= 0.3 is 0 Å². The predicted molar refractivity (Wildman–Crippen MR) is 131 cm³/mol. The standard InChI is InChI=1S/C26H32ClN3O3/c1-5-30(6-2)25(22-9-7-8-10-24(22)27)16-28-26(31)15-20-11-13-21(14-12-20)32-17-23-18(3)29-33-19(23)4/h7-14,25H,5-6,15-17H2,1-4H3,(H,28,31). The number of nitrogens with one attached hydrogen (secondary N) is 1. The highest BCUT2D eigenvalue weighted by Gasteiger charge is 2.21. The van der Waals surface area contributed by atoms with E-state index in [0.29, 0.717) is 19.6 Å². The summed E-state index contributed by atoms with van der Waals surface area (Å²) < 4.78 is 11.0. The van der Waals surface area contributed by atoms with E-state index < -0.39 is 0 Å². The van der Waals surface area contributed by atoms with Crippen LogP contribution in [0.4, 0.5) is 0 Å². The summed E-state index contributed by atoms with van der Waals surface area (Å²) in [5.74, 6) is 1.48. The van der Waals surface area contributed by atoms with Crippen molar-refractivity contribution in [3.8, 4) is 5.75 Å². The minimum atomic E-state index is -0.0244. The van der Waals surface area contributed by atoms with Crippen LogP contribution in [0.15, 0.2) is 53.1 Å². The lowest BCUT2D eigenvalue weighted by Gasteiger charge is -2.31. The van der Waals surface area contributed by atoms with Gasteiger partial charge < -0.3 is 14.6 Å². The van der Waals surface area contributed by atoms with Crippen molar-refractivity contribution in [1.29, 1.82) is 0 Å². The molecule has 33 heavy (non-hydrogen) atoms. The fourth-order valence-corrected chi connectivity index (χ4v) is 4.13. The normalized spacial score (nSPS) is 12.1. The van der Waals surface area contributed by atoms with Gasteiger partial charge in [0.05, 0.1) is 23.7 Å². The predicted octanol–water partition coefficient (Wildman–Crippen LogP) is 5.27. The summed E-state index contributed by atoms with van der Waals surface area (Å²) in [7, 11) is 0. The van der Waals surface area contributed by atoms with Crippen LogP contribution in [0.3, 0.4) is 0 Å². The molecule has 1 heterocycles. The average molecular weight is 470 g/mol. The van der Waals surface area contributed by atoms with E-state index in [1.807, 2.05) is 62.4 Å². The third-order valence-corrected chi connectivity index (χ3v) is 6.21. The highest BCUT2D eigenvalue weighted by atomic mass is 35.5. The van der Waals surface area contributed by atoms with E-state index in [1.165, 1.54) is 0 Å². The molecule has 0 spiro atoms. The molecule has 3 aromatic rings. The molecule has 0 saturated heterocycles. The lowest BCUT2D eigenvalue weighted by Crippen LogP contribution is -2.38. The summed E-state index contributed by atoms with van der Waals surface area (Å²) >= 11 is 6.45. The van der Waals surface area contributed by atoms with Gasteiger partial charge in [-0.05, 0) is 56.3 Å². The first-order chi connectivity index (χ1) is 15.9. The molecular weight excluding hydrogens is 438 g/mol. The Hall–Kier alpha value is -2.83. The number of likely N-dealkylation sites (N-methyl/N-ethyl adjacent to an activating group) is 1. The van der Waals surface area contributed by atoms with Gasteiger partial charge in [-0.25, -0.2) is 0 Å². The van der Waals surface area contributed by atoms with Crippen molar-refractivity contribution < 1.29 is 14.1 Å². The maximum atomic E-state index is 12.7. The molecule has 1 N–H and O–H groups in total. The molecule has 2 aromatic carbocycles. The Morgan fingerprint density at radius 1 is 1.12 bits per heavy atom. The Labute approximate surface area is 200 Å². The molecule has 1 atom stereocenters. The van der Waals surface area contributed by atoms with E-state index in [-0.39, 0.29) is 11.9 Å². The number of benzene rings is 2. The maximum Gasteiger partial charge on any atom is 0.224 e. The summed E-state index contributed by atoms with van der Waals surface area (Å²) in [5, 5.41) is 7.75. The SMILES string of the molecule is CCN(CC)C(CNC(=O)Cc1ccc(OCc2c(C)noc2C)cc1)c1ccccc1Cl. The molecule has 0 bridgehead atoms. The average Bonchev–Trinajstić information content (AvgIpc) is 3.14. The second kappa shape index (κ2) is 11.9. The van der Waals surface area contributed by atoms with Crippen molar-refractivity contribution in [2.24, 2.45) is 0 Å². The molecule has 0 fully saturated rings. The van der Waals surface area contributed by atoms with Crippen LogP contribution < -0.4 is 10.1 Å². The number of aryl methyl sites for hydroxylation is 2. The Morgan fingerprint density at radius 2 is 1.82 bits per heavy atom. The van der Waals surface area contributed by atoms with Gasteiger partial charge in [0.25, 0.3) is 0 Å². The Bertz CT molecular complexity index is 1030. The van der Waals surface area contributed by atoms with Crippen molar-refractivity contribution in [3.63, 3.8) is 0 Å². The van der Waals surface area contributed by atoms with Crippen LogP contribution in [0, 0.1) is 13.8 Å². The van der Waals surface area contributed by atoms with Gasteiger partial charge in [0.15, 0.2) is 0 Å². The lowest BCUT2D eigenvalue weighted by atomic mass is 10.0. The monoisotopic (exact) mass is 469 g/mol. The number of halogens is 1. The molecule has 3 rings (SSSR count). The second-order valence-electron chi connectivity index (χ2n) is 7.97. The Balaban J connectivity index is 1.56. The Morgan fingerprint density at radius 3 is 2.42 bits per heavy atom. The van der Waals surface area contributed by atoms with Crippen LogP contribution in [-0.4, -0.2) is 35.6 Å². The maximum absolute atomic E-state index is 12.7. The third kappa shape index (κ3) is 6.59. The lowest BCUT2D eigenvalue weighted by molar-refractivity contribution is -0.120. The van der Waals surface area contributed by atoms with E-state index in [2.05, 4.69) is 29.2 Å². The highest BCUT2D eigenvalue weighted by Crippen LogP contribution is 2.27. The van der Waals surface area contributed by atoms with Crippen LogP contribution in [0.1, 0.15) is 48.0 Å². The van der Waals surface area contributed by atoms with E-state index in [4.69, 9.17) is 20.9 Å². The Kier molecular flexibility index (Phi) is 8.92. The molecule has 0 aliphatic carbocycles. The van der Waals surface area contributed by atoms with Gasteiger partial charge in [0, 0.05) is 11.6 Å². The van der Waals surface area contributed by atoms with E-state index in [0.717, 1.165) is 52.0 Å². The highest BCUT2D eigenvalue weighted by molar-refractivity contribution is 6.31. The van der Waals surface area contributed by atoms with Crippen LogP contribution in [-0.2, 0) is 17.8 Å². The first kappa shape index (κ1) is 24.8. The minimum Gasteiger partial charge on any atom is -0.489 e. The van der Waals surface area contributed by atoms with Crippen LogP contribution in [0.5, 0.6) is 5.75 Å².